The van der Waals surface area contributed by atoms with Crippen molar-refractivity contribution in [1.82, 2.24) is 9.88 Å². The van der Waals surface area contributed by atoms with Gasteiger partial charge in [-0.3, -0.25) is 14.7 Å². The predicted molar refractivity (Wildman–Crippen MR) is 83.5 cm³/mol. The molecule has 1 aromatic heterocycles. The first kappa shape index (κ1) is 14.9. The lowest BCUT2D eigenvalue weighted by atomic mass is 9.92. The summed E-state index contributed by atoms with van der Waals surface area (Å²) in [6.07, 6.45) is 3.47. The van der Waals surface area contributed by atoms with Crippen LogP contribution in [-0.2, 0) is 11.3 Å². The van der Waals surface area contributed by atoms with Crippen LogP contribution in [0, 0.1) is 11.7 Å². The van der Waals surface area contributed by atoms with Crippen LogP contribution in [0.3, 0.4) is 0 Å². The molecule has 1 fully saturated rings. The number of halogens is 1. The fourth-order valence-corrected chi connectivity index (χ4v) is 3.20. The maximum absolute atomic E-state index is 13.8. The number of carbonyl (C=O) groups is 1. The van der Waals surface area contributed by atoms with Gasteiger partial charge in [-0.15, -0.1) is 0 Å². The van der Waals surface area contributed by atoms with Gasteiger partial charge in [0.15, 0.2) is 0 Å². The smallest absolute Gasteiger partial charge is 0.221 e. The molecule has 0 aliphatic carbocycles. The largest absolute Gasteiger partial charge is 0.369 e. The number of primary amides is 1. The third-order valence-electron chi connectivity index (χ3n) is 4.54. The van der Waals surface area contributed by atoms with Gasteiger partial charge < -0.3 is 5.73 Å². The lowest BCUT2D eigenvalue weighted by Crippen LogP contribution is -2.45. The maximum Gasteiger partial charge on any atom is 0.221 e. The number of carbonyl (C=O) groups excluding carboxylic acids is 1. The molecule has 3 rings (SSSR count). The van der Waals surface area contributed by atoms with Gasteiger partial charge in [-0.1, -0.05) is 6.07 Å². The Morgan fingerprint density at radius 3 is 3.05 bits per heavy atom. The Bertz CT molecular complexity index is 703. The molecule has 2 aromatic rings. The highest BCUT2D eigenvalue weighted by atomic mass is 19.1. The summed E-state index contributed by atoms with van der Waals surface area (Å²) in [7, 11) is 0. The third kappa shape index (κ3) is 2.95. The van der Waals surface area contributed by atoms with E-state index in [9.17, 15) is 9.18 Å². The highest BCUT2D eigenvalue weighted by Crippen LogP contribution is 2.26. The quantitative estimate of drug-likeness (QED) is 0.947. The minimum absolute atomic E-state index is 0.121. The van der Waals surface area contributed by atoms with Crippen molar-refractivity contribution in [2.75, 3.05) is 6.54 Å². The molecule has 1 saturated heterocycles. The Hall–Kier alpha value is -2.01. The molecule has 0 bridgehead atoms. The molecule has 0 saturated carbocycles. The number of benzene rings is 1. The Balaban J connectivity index is 1.90. The van der Waals surface area contributed by atoms with E-state index in [1.54, 1.807) is 12.3 Å². The summed E-state index contributed by atoms with van der Waals surface area (Å²) in [6.45, 7) is 3.34. The molecule has 2 heterocycles. The lowest BCUT2D eigenvalue weighted by molar-refractivity contribution is -0.124. The van der Waals surface area contributed by atoms with E-state index in [0.717, 1.165) is 29.3 Å². The van der Waals surface area contributed by atoms with Crippen LogP contribution < -0.4 is 5.73 Å². The number of hydrogen-bond donors (Lipinski definition) is 1. The van der Waals surface area contributed by atoms with Crippen LogP contribution in [0.5, 0.6) is 0 Å². The van der Waals surface area contributed by atoms with Gasteiger partial charge in [-0.05, 0) is 43.5 Å². The van der Waals surface area contributed by atoms with Gasteiger partial charge >= 0.3 is 0 Å². The summed E-state index contributed by atoms with van der Waals surface area (Å²) < 4.78 is 13.8. The summed E-state index contributed by atoms with van der Waals surface area (Å²) in [5.41, 5.74) is 7.12. The van der Waals surface area contributed by atoms with E-state index in [2.05, 4.69) is 16.8 Å². The van der Waals surface area contributed by atoms with Crippen LogP contribution in [0.15, 0.2) is 30.5 Å². The first-order valence-electron chi connectivity index (χ1n) is 7.61. The number of amides is 1. The van der Waals surface area contributed by atoms with Crippen molar-refractivity contribution in [3.63, 3.8) is 0 Å². The molecule has 0 radical (unpaired) electrons. The van der Waals surface area contributed by atoms with Crippen LogP contribution in [-0.4, -0.2) is 28.4 Å². The predicted octanol–water partition coefficient (Wildman–Crippen LogP) is 2.46. The SMILES string of the molecule is C[C@@H]1CC[C@H](C(N)=O)CN1Cc1cc(F)cc2cccnc12. The van der Waals surface area contributed by atoms with Gasteiger partial charge in [-0.25, -0.2) is 4.39 Å². The average molecular weight is 301 g/mol. The molecule has 1 amide bonds. The van der Waals surface area contributed by atoms with Crippen molar-refractivity contribution in [2.45, 2.75) is 32.4 Å². The molecular formula is C17H20FN3O. The van der Waals surface area contributed by atoms with Crippen molar-refractivity contribution in [2.24, 2.45) is 11.7 Å². The second kappa shape index (κ2) is 6.01. The number of pyridine rings is 1. The minimum Gasteiger partial charge on any atom is -0.369 e. The van der Waals surface area contributed by atoms with E-state index in [4.69, 9.17) is 5.73 Å². The van der Waals surface area contributed by atoms with E-state index in [0.29, 0.717) is 19.1 Å². The number of rotatable bonds is 3. The van der Waals surface area contributed by atoms with Gasteiger partial charge in [0.05, 0.1) is 11.4 Å². The Kier molecular flexibility index (Phi) is 4.07. The van der Waals surface area contributed by atoms with E-state index in [1.807, 2.05) is 6.07 Å². The molecule has 4 nitrogen and oxygen atoms in total. The number of nitrogens with zero attached hydrogens (tertiary/aromatic N) is 2. The second-order valence-corrected chi connectivity index (χ2v) is 6.10. The molecule has 1 aliphatic rings. The molecule has 22 heavy (non-hydrogen) atoms. The minimum atomic E-state index is -0.258. The van der Waals surface area contributed by atoms with Crippen LogP contribution in [0.1, 0.15) is 25.3 Å². The van der Waals surface area contributed by atoms with Gasteiger partial charge in [0, 0.05) is 30.7 Å². The average Bonchev–Trinajstić information content (AvgIpc) is 2.49. The van der Waals surface area contributed by atoms with Crippen molar-refractivity contribution < 1.29 is 9.18 Å². The van der Waals surface area contributed by atoms with Crippen LogP contribution in [0.25, 0.3) is 10.9 Å². The highest BCUT2D eigenvalue weighted by Gasteiger charge is 2.29. The first-order valence-corrected chi connectivity index (χ1v) is 7.61. The van der Waals surface area contributed by atoms with Crippen molar-refractivity contribution in [3.8, 4) is 0 Å². The molecule has 0 spiro atoms. The van der Waals surface area contributed by atoms with Crippen molar-refractivity contribution in [3.05, 3.63) is 41.8 Å². The number of likely N-dealkylation sites (tertiary alicyclic amines) is 1. The second-order valence-electron chi connectivity index (χ2n) is 6.10. The van der Waals surface area contributed by atoms with E-state index in [1.165, 1.54) is 12.1 Å². The van der Waals surface area contributed by atoms with Gasteiger partial charge in [0.1, 0.15) is 5.82 Å². The first-order chi connectivity index (χ1) is 10.5. The van der Waals surface area contributed by atoms with E-state index < -0.39 is 0 Å². The summed E-state index contributed by atoms with van der Waals surface area (Å²) in [5.74, 6) is -0.630. The van der Waals surface area contributed by atoms with E-state index in [-0.39, 0.29) is 17.6 Å². The molecule has 1 aliphatic heterocycles. The molecular weight excluding hydrogens is 281 g/mol. The highest BCUT2D eigenvalue weighted by molar-refractivity contribution is 5.81. The number of nitrogens with two attached hydrogens (primary N) is 1. The van der Waals surface area contributed by atoms with Crippen molar-refractivity contribution >= 4 is 16.8 Å². The summed E-state index contributed by atoms with van der Waals surface area (Å²) >= 11 is 0. The fraction of sp³-hybridized carbons (Fsp3) is 0.412. The van der Waals surface area contributed by atoms with Gasteiger partial charge in [-0.2, -0.15) is 0 Å². The lowest BCUT2D eigenvalue weighted by Gasteiger charge is -2.37. The Morgan fingerprint density at radius 1 is 1.45 bits per heavy atom. The summed E-state index contributed by atoms with van der Waals surface area (Å²) in [6, 6.07) is 7.05. The summed E-state index contributed by atoms with van der Waals surface area (Å²) in [4.78, 5) is 18.0. The van der Waals surface area contributed by atoms with Crippen molar-refractivity contribution in [1.29, 1.82) is 0 Å². The monoisotopic (exact) mass is 301 g/mol. The number of piperidine rings is 1. The Labute approximate surface area is 129 Å². The maximum atomic E-state index is 13.8. The molecule has 5 heteroatoms. The molecule has 1 aromatic carbocycles. The van der Waals surface area contributed by atoms with Crippen LogP contribution >= 0.6 is 0 Å². The van der Waals surface area contributed by atoms with Gasteiger partial charge in [0.2, 0.25) is 5.91 Å². The third-order valence-corrected chi connectivity index (χ3v) is 4.54. The fourth-order valence-electron chi connectivity index (χ4n) is 3.20. The zero-order valence-corrected chi connectivity index (χ0v) is 12.6. The topological polar surface area (TPSA) is 59.2 Å². The zero-order valence-electron chi connectivity index (χ0n) is 12.6. The molecule has 2 N–H and O–H groups in total. The molecule has 116 valence electrons. The zero-order chi connectivity index (χ0) is 15.7. The van der Waals surface area contributed by atoms with Crippen LogP contribution in [0.4, 0.5) is 4.39 Å². The van der Waals surface area contributed by atoms with Crippen LogP contribution in [0.2, 0.25) is 0 Å². The Morgan fingerprint density at radius 2 is 2.27 bits per heavy atom. The molecule has 2 atom stereocenters. The van der Waals surface area contributed by atoms with Gasteiger partial charge in [0.25, 0.3) is 0 Å². The number of aromatic nitrogens is 1. The number of fused-ring (bicyclic) bond motifs is 1. The normalized spacial score (nSPS) is 22.8. The molecule has 0 unspecified atom stereocenters. The van der Waals surface area contributed by atoms with E-state index >= 15 is 0 Å². The number of hydrogen-bond acceptors (Lipinski definition) is 3. The summed E-state index contributed by atoms with van der Waals surface area (Å²) in [5, 5.41) is 0.800. The standard InChI is InChI=1S/C17H20FN3O/c1-11-4-5-13(17(19)22)9-21(11)10-14-8-15(18)7-12-3-2-6-20-16(12)14/h2-3,6-8,11,13H,4-5,9-10H2,1H3,(H2,19,22)/t11-,13+/m1/s1.